The average molecular weight is 426 g/mol. The van der Waals surface area contributed by atoms with E-state index in [0.717, 1.165) is 32.1 Å². The van der Waals surface area contributed by atoms with Crippen LogP contribution in [0.1, 0.15) is 26.3 Å². The van der Waals surface area contributed by atoms with Gasteiger partial charge in [0.05, 0.1) is 6.42 Å². The van der Waals surface area contributed by atoms with Crippen molar-refractivity contribution in [3.63, 3.8) is 0 Å². The molecule has 13 nitrogen and oxygen atoms in total. The molecule has 1 aliphatic heterocycles. The van der Waals surface area contributed by atoms with E-state index in [1.54, 1.807) is 7.05 Å². The van der Waals surface area contributed by atoms with Gasteiger partial charge in [0.2, 0.25) is 5.95 Å². The van der Waals surface area contributed by atoms with E-state index >= 15 is 0 Å². The number of imidazole rings is 1. The maximum atomic E-state index is 12.2. The van der Waals surface area contributed by atoms with Gasteiger partial charge in [0.1, 0.15) is 0 Å². The molecule has 0 aromatic carbocycles. The molecule has 3 rings (SSSR count). The van der Waals surface area contributed by atoms with E-state index in [4.69, 9.17) is 15.3 Å². The smallest absolute Gasteiger partial charge is 0.333 e. The Morgan fingerprint density at radius 3 is 2.23 bits per heavy atom. The first-order valence-electron chi connectivity index (χ1n) is 9.34. The van der Waals surface area contributed by atoms with Gasteiger partial charge in [-0.05, 0) is 13.8 Å². The summed E-state index contributed by atoms with van der Waals surface area (Å²) in [4.78, 5) is 52.5. The number of rotatable bonds is 5. The molecule has 2 aromatic heterocycles. The number of aliphatic hydroxyl groups excluding tert-OH is 1. The Bertz CT molecular complexity index is 1030. The zero-order valence-electron chi connectivity index (χ0n) is 17.0. The lowest BCUT2D eigenvalue weighted by Gasteiger charge is -2.29. The Morgan fingerprint density at radius 2 is 1.77 bits per heavy atom. The first-order valence-corrected chi connectivity index (χ1v) is 9.34. The van der Waals surface area contributed by atoms with Crippen molar-refractivity contribution in [1.82, 2.24) is 24.4 Å². The van der Waals surface area contributed by atoms with Crippen LogP contribution in [-0.2, 0) is 16.6 Å². The summed E-state index contributed by atoms with van der Waals surface area (Å²) in [6, 6.07) is 0.0819. The number of hydrogen-bond acceptors (Lipinski definition) is 8. The lowest BCUT2D eigenvalue weighted by atomic mass is 10.3. The molecule has 0 spiro atoms. The van der Waals surface area contributed by atoms with Crippen molar-refractivity contribution in [1.29, 1.82) is 0 Å². The van der Waals surface area contributed by atoms with E-state index in [9.17, 15) is 19.2 Å². The van der Waals surface area contributed by atoms with E-state index in [2.05, 4.69) is 20.2 Å². The third-order valence-electron chi connectivity index (χ3n) is 4.50. The van der Waals surface area contributed by atoms with Gasteiger partial charge in [-0.2, -0.15) is 4.98 Å². The zero-order chi connectivity index (χ0) is 22.6. The number of H-pyrrole nitrogens is 1. The largest absolute Gasteiger partial charge is 0.481 e. The van der Waals surface area contributed by atoms with Crippen LogP contribution in [0.25, 0.3) is 11.2 Å². The molecule has 13 heteroatoms. The summed E-state index contributed by atoms with van der Waals surface area (Å²) in [5, 5.41) is 27.4. The highest BCUT2D eigenvalue weighted by Crippen LogP contribution is 2.24. The van der Waals surface area contributed by atoms with Crippen LogP contribution < -0.4 is 21.5 Å². The van der Waals surface area contributed by atoms with E-state index in [0.29, 0.717) is 11.2 Å². The minimum Gasteiger partial charge on any atom is -0.481 e. The van der Waals surface area contributed by atoms with Gasteiger partial charge < -0.3 is 30.1 Å². The summed E-state index contributed by atoms with van der Waals surface area (Å²) in [6.07, 6.45) is -2.54. The fraction of sp³-hybridized carbons (Fsp3) is 0.588. The van der Waals surface area contributed by atoms with Crippen LogP contribution in [-0.4, -0.2) is 78.6 Å². The lowest BCUT2D eigenvalue weighted by molar-refractivity contribution is -0.152. The highest BCUT2D eigenvalue weighted by molar-refractivity contribution is 5.79. The topological polar surface area (TPSA) is 183 Å². The summed E-state index contributed by atoms with van der Waals surface area (Å²) in [7, 11) is 1.62. The van der Waals surface area contributed by atoms with E-state index < -0.39 is 30.2 Å². The number of piperazine rings is 1. The molecule has 1 aliphatic rings. The number of aliphatic hydroxyl groups is 1. The summed E-state index contributed by atoms with van der Waals surface area (Å²) in [5.41, 5.74) is 0.0788. The van der Waals surface area contributed by atoms with Crippen LogP contribution in [0.3, 0.4) is 0 Å². The number of fused-ring (bicyclic) bond motifs is 1. The maximum absolute atomic E-state index is 12.2. The lowest BCUT2D eigenvalue weighted by Crippen LogP contribution is -2.44. The molecular weight excluding hydrogens is 400 g/mol. The second-order valence-corrected chi connectivity index (χ2v) is 7.06. The van der Waals surface area contributed by atoms with Gasteiger partial charge >= 0.3 is 17.6 Å². The molecule has 1 unspecified atom stereocenters. The molecule has 0 radical (unpaired) electrons. The zero-order valence-corrected chi connectivity index (χ0v) is 17.0. The number of hydrogen-bond donors (Lipinski definition) is 5. The molecule has 0 bridgehead atoms. The molecule has 166 valence electrons. The Labute approximate surface area is 170 Å². The number of carboxylic acid groups (broad SMARTS) is 2. The monoisotopic (exact) mass is 426 g/mol. The molecule has 30 heavy (non-hydrogen) atoms. The van der Waals surface area contributed by atoms with Crippen molar-refractivity contribution in [2.75, 3.05) is 31.1 Å². The van der Waals surface area contributed by atoms with Crippen molar-refractivity contribution in [2.45, 2.75) is 32.4 Å². The average Bonchev–Trinajstić information content (AvgIpc) is 3.08. The first kappa shape index (κ1) is 23.1. The number of aromatic nitrogens is 4. The summed E-state index contributed by atoms with van der Waals surface area (Å²) in [5.74, 6) is -2.09. The summed E-state index contributed by atoms with van der Waals surface area (Å²) in [6.45, 7) is 7.46. The second-order valence-electron chi connectivity index (χ2n) is 7.06. The fourth-order valence-corrected chi connectivity index (χ4v) is 3.02. The predicted octanol–water partition coefficient (Wildman–Crippen LogP) is -1.68. The van der Waals surface area contributed by atoms with Crippen LogP contribution in [0.4, 0.5) is 5.95 Å². The summed E-state index contributed by atoms with van der Waals surface area (Å²) >= 11 is 0. The molecular formula is C17H26N6O7. The van der Waals surface area contributed by atoms with Crippen molar-refractivity contribution in [3.05, 3.63) is 20.8 Å². The van der Waals surface area contributed by atoms with Crippen LogP contribution in [0.2, 0.25) is 0 Å². The molecule has 0 amide bonds. The number of aromatic amines is 1. The predicted molar refractivity (Wildman–Crippen MR) is 107 cm³/mol. The summed E-state index contributed by atoms with van der Waals surface area (Å²) < 4.78 is 3.31. The van der Waals surface area contributed by atoms with E-state index in [1.165, 1.54) is 4.57 Å². The molecule has 1 atom stereocenters. The van der Waals surface area contributed by atoms with Gasteiger partial charge in [-0.1, -0.05) is 0 Å². The quantitative estimate of drug-likeness (QED) is 0.370. The molecule has 5 N–H and O–H groups in total. The van der Waals surface area contributed by atoms with E-state index in [1.807, 2.05) is 18.4 Å². The van der Waals surface area contributed by atoms with Crippen molar-refractivity contribution in [2.24, 2.45) is 7.05 Å². The van der Waals surface area contributed by atoms with Crippen molar-refractivity contribution >= 4 is 29.1 Å². The van der Waals surface area contributed by atoms with Crippen LogP contribution in [0.15, 0.2) is 9.59 Å². The van der Waals surface area contributed by atoms with Crippen LogP contribution in [0, 0.1) is 0 Å². The number of carboxylic acids is 2. The van der Waals surface area contributed by atoms with Gasteiger partial charge in [0.25, 0.3) is 5.56 Å². The van der Waals surface area contributed by atoms with Gasteiger partial charge in [-0.25, -0.2) is 9.59 Å². The minimum absolute atomic E-state index is 0.0819. The number of nitrogens with zero attached hydrogens (tertiary/aromatic N) is 4. The number of carbonyl (C=O) groups is 2. The van der Waals surface area contributed by atoms with Crippen LogP contribution in [0.5, 0.6) is 0 Å². The third kappa shape index (κ3) is 5.04. The second kappa shape index (κ2) is 9.54. The van der Waals surface area contributed by atoms with Gasteiger partial charge in [-0.15, -0.1) is 0 Å². The maximum Gasteiger partial charge on any atom is 0.333 e. The Balaban J connectivity index is 0.000000303. The highest BCUT2D eigenvalue weighted by atomic mass is 16.4. The van der Waals surface area contributed by atoms with Crippen LogP contribution >= 0.6 is 0 Å². The fourth-order valence-electron chi connectivity index (χ4n) is 3.02. The molecule has 3 heterocycles. The number of nitrogens with one attached hydrogen (secondary N) is 2. The molecule has 2 aromatic rings. The molecule has 0 saturated carbocycles. The highest BCUT2D eigenvalue weighted by Gasteiger charge is 2.23. The van der Waals surface area contributed by atoms with E-state index in [-0.39, 0.29) is 11.6 Å². The molecule has 1 saturated heterocycles. The van der Waals surface area contributed by atoms with Gasteiger partial charge in [0.15, 0.2) is 17.3 Å². The molecule has 1 fully saturated rings. The Kier molecular flexibility index (Phi) is 7.34. The van der Waals surface area contributed by atoms with Crippen molar-refractivity contribution < 1.29 is 24.9 Å². The normalized spacial score (nSPS) is 15.0. The van der Waals surface area contributed by atoms with Gasteiger partial charge in [-0.3, -0.25) is 19.1 Å². The molecule has 0 aliphatic carbocycles. The van der Waals surface area contributed by atoms with Gasteiger partial charge in [0, 0.05) is 39.3 Å². The standard InChI is InChI=1S/C13H20N6O2.C4H6O5/c1-8(2)19-9-10(17(3)13(21)16-11(9)20)15-12(19)18-6-4-14-5-7-18;5-2(4(8)9)1-3(6)7/h8,14H,4-7H2,1-3H3,(H,16,20,21);2,5H,1H2,(H,6,7)(H,8,9). The first-order chi connectivity index (χ1) is 14.0. The Hall–Kier alpha value is -3.19. The third-order valence-corrected chi connectivity index (χ3v) is 4.50. The SMILES string of the molecule is CC(C)n1c(N2CCNCC2)nc2c1c(=O)[nH]c(=O)n2C.O=C(O)CC(O)C(=O)O. The van der Waals surface area contributed by atoms with Crippen molar-refractivity contribution in [3.8, 4) is 0 Å². The number of aryl methyl sites for hydroxylation is 1. The Morgan fingerprint density at radius 1 is 1.17 bits per heavy atom. The number of aliphatic carboxylic acids is 2. The number of anilines is 1. The minimum atomic E-state index is -1.79.